The number of halogens is 3. The minimum Gasteiger partial charge on any atom is -0.378 e. The average Bonchev–Trinajstić information content (AvgIpc) is 3.28. The summed E-state index contributed by atoms with van der Waals surface area (Å²) in [4.78, 5) is 23.3. The van der Waals surface area contributed by atoms with Gasteiger partial charge in [-0.25, -0.2) is 9.97 Å². The van der Waals surface area contributed by atoms with E-state index in [0.717, 1.165) is 47.9 Å². The maximum absolute atomic E-state index is 12.9. The number of carbonyl (C=O) groups is 1. The van der Waals surface area contributed by atoms with Crippen molar-refractivity contribution >= 4 is 23.1 Å². The first-order valence-corrected chi connectivity index (χ1v) is 10.5. The van der Waals surface area contributed by atoms with E-state index in [4.69, 9.17) is 4.74 Å². The second-order valence-corrected chi connectivity index (χ2v) is 7.74. The number of amides is 1. The average molecular weight is 448 g/mol. The van der Waals surface area contributed by atoms with Crippen molar-refractivity contribution in [3.05, 3.63) is 64.8 Å². The molecule has 1 amide bonds. The van der Waals surface area contributed by atoms with Crippen LogP contribution in [-0.4, -0.2) is 42.2 Å². The number of rotatable bonds is 5. The van der Waals surface area contributed by atoms with Crippen LogP contribution < -0.4 is 10.2 Å². The fraction of sp³-hybridized carbons (Fsp3) is 0.286. The summed E-state index contributed by atoms with van der Waals surface area (Å²) in [5.41, 5.74) is 0.597. The minimum absolute atomic E-state index is 0.161. The van der Waals surface area contributed by atoms with Crippen molar-refractivity contribution < 1.29 is 22.7 Å². The van der Waals surface area contributed by atoms with Crippen molar-refractivity contribution in [2.45, 2.75) is 12.7 Å². The van der Waals surface area contributed by atoms with E-state index in [1.807, 2.05) is 6.07 Å². The van der Waals surface area contributed by atoms with Crippen LogP contribution >= 0.6 is 11.3 Å². The highest BCUT2D eigenvalue weighted by atomic mass is 32.1. The molecule has 0 radical (unpaired) electrons. The molecule has 1 N–H and O–H groups in total. The molecule has 1 aromatic carbocycles. The molecule has 0 unspecified atom stereocenters. The van der Waals surface area contributed by atoms with Gasteiger partial charge in [-0.3, -0.25) is 4.79 Å². The van der Waals surface area contributed by atoms with Gasteiger partial charge in [-0.15, -0.1) is 11.3 Å². The van der Waals surface area contributed by atoms with E-state index in [1.54, 1.807) is 18.3 Å². The van der Waals surface area contributed by atoms with Crippen LogP contribution in [0.2, 0.25) is 0 Å². The Kier molecular flexibility index (Phi) is 6.19. The molecule has 0 atom stereocenters. The number of alkyl halides is 3. The molecule has 2 aromatic heterocycles. The van der Waals surface area contributed by atoms with Gasteiger partial charge < -0.3 is 15.0 Å². The van der Waals surface area contributed by atoms with E-state index in [-0.39, 0.29) is 12.2 Å². The lowest BCUT2D eigenvalue weighted by Crippen LogP contribution is -2.37. The number of ether oxygens (including phenoxy) is 1. The van der Waals surface area contributed by atoms with Crippen molar-refractivity contribution in [3.63, 3.8) is 0 Å². The summed E-state index contributed by atoms with van der Waals surface area (Å²) in [6.45, 7) is 2.96. The number of carbonyl (C=O) groups excluding carboxylic acids is 1. The van der Waals surface area contributed by atoms with E-state index in [0.29, 0.717) is 23.8 Å². The zero-order chi connectivity index (χ0) is 21.8. The smallest absolute Gasteiger partial charge is 0.378 e. The number of nitrogens with zero attached hydrogens (tertiary/aromatic N) is 3. The first kappa shape index (κ1) is 21.3. The van der Waals surface area contributed by atoms with Crippen molar-refractivity contribution in [2.24, 2.45) is 0 Å². The Balaban J connectivity index is 1.45. The lowest BCUT2D eigenvalue weighted by molar-refractivity contribution is -0.137. The van der Waals surface area contributed by atoms with Crippen LogP contribution in [0.1, 0.15) is 21.6 Å². The van der Waals surface area contributed by atoms with E-state index in [1.165, 1.54) is 11.4 Å². The Bertz CT molecular complexity index is 1060. The van der Waals surface area contributed by atoms with Crippen molar-refractivity contribution in [2.75, 3.05) is 31.2 Å². The monoisotopic (exact) mass is 448 g/mol. The molecule has 162 valence electrons. The summed E-state index contributed by atoms with van der Waals surface area (Å²) < 4.78 is 44.2. The molecule has 0 bridgehead atoms. The summed E-state index contributed by atoms with van der Waals surface area (Å²) in [7, 11) is 0. The van der Waals surface area contributed by atoms with Gasteiger partial charge in [0.1, 0.15) is 16.5 Å². The van der Waals surface area contributed by atoms with E-state index in [9.17, 15) is 18.0 Å². The number of aromatic nitrogens is 2. The Morgan fingerprint density at radius 1 is 1.19 bits per heavy atom. The summed E-state index contributed by atoms with van der Waals surface area (Å²) in [6, 6.07) is 8.61. The molecule has 1 aliphatic rings. The molecule has 10 heteroatoms. The number of thiazole rings is 1. The number of hydrogen-bond acceptors (Lipinski definition) is 6. The largest absolute Gasteiger partial charge is 0.416 e. The normalized spacial score (nSPS) is 14.5. The predicted molar refractivity (Wildman–Crippen MR) is 111 cm³/mol. The third-order valence-electron chi connectivity index (χ3n) is 4.79. The zero-order valence-corrected chi connectivity index (χ0v) is 17.2. The van der Waals surface area contributed by atoms with E-state index in [2.05, 4.69) is 20.2 Å². The number of benzene rings is 1. The van der Waals surface area contributed by atoms with Gasteiger partial charge in [-0.05, 0) is 18.2 Å². The molecule has 3 heterocycles. The van der Waals surface area contributed by atoms with Crippen LogP contribution in [0.5, 0.6) is 0 Å². The van der Waals surface area contributed by atoms with Crippen LogP contribution in [0.3, 0.4) is 0 Å². The van der Waals surface area contributed by atoms with Crippen molar-refractivity contribution in [1.82, 2.24) is 15.3 Å². The highest BCUT2D eigenvalue weighted by molar-refractivity contribution is 7.13. The van der Waals surface area contributed by atoms with E-state index < -0.39 is 17.6 Å². The summed E-state index contributed by atoms with van der Waals surface area (Å²) in [6.07, 6.45) is -2.73. The molecular formula is C21H19F3N4O2S. The number of nitrogens with one attached hydrogen (secondary N) is 1. The van der Waals surface area contributed by atoms with Gasteiger partial charge in [0.25, 0.3) is 5.91 Å². The van der Waals surface area contributed by atoms with Gasteiger partial charge in [0.2, 0.25) is 0 Å². The molecule has 6 nitrogen and oxygen atoms in total. The first-order chi connectivity index (χ1) is 14.9. The molecule has 1 aliphatic heterocycles. The van der Waals surface area contributed by atoms with Gasteiger partial charge >= 0.3 is 6.18 Å². The molecule has 0 saturated carbocycles. The molecule has 4 rings (SSSR count). The van der Waals surface area contributed by atoms with Gasteiger partial charge in [-0.1, -0.05) is 18.2 Å². The second-order valence-electron chi connectivity index (χ2n) is 6.88. The summed E-state index contributed by atoms with van der Waals surface area (Å²) >= 11 is 1.12. The van der Waals surface area contributed by atoms with Crippen LogP contribution in [0.4, 0.5) is 19.0 Å². The quantitative estimate of drug-likeness (QED) is 0.639. The van der Waals surface area contributed by atoms with Crippen LogP contribution in [0.25, 0.3) is 10.6 Å². The zero-order valence-electron chi connectivity index (χ0n) is 16.4. The van der Waals surface area contributed by atoms with Gasteiger partial charge in [-0.2, -0.15) is 13.2 Å². The molecule has 1 fully saturated rings. The number of hydrogen-bond donors (Lipinski definition) is 1. The highest BCUT2D eigenvalue weighted by Crippen LogP contribution is 2.33. The Hall–Kier alpha value is -2.98. The molecule has 1 saturated heterocycles. The highest BCUT2D eigenvalue weighted by Gasteiger charge is 2.30. The molecular weight excluding hydrogens is 429 g/mol. The third-order valence-corrected chi connectivity index (χ3v) is 5.68. The Labute approximate surface area is 180 Å². The molecule has 31 heavy (non-hydrogen) atoms. The first-order valence-electron chi connectivity index (χ1n) is 9.60. The summed E-state index contributed by atoms with van der Waals surface area (Å²) in [5.74, 6) is 0.403. The van der Waals surface area contributed by atoms with Crippen molar-refractivity contribution in [3.8, 4) is 10.6 Å². The van der Waals surface area contributed by atoms with Gasteiger partial charge in [0.05, 0.1) is 18.8 Å². The lowest BCUT2D eigenvalue weighted by atomic mass is 10.1. The van der Waals surface area contributed by atoms with Crippen LogP contribution in [-0.2, 0) is 17.5 Å². The van der Waals surface area contributed by atoms with Gasteiger partial charge in [0, 0.05) is 42.3 Å². The third kappa shape index (κ3) is 5.02. The van der Waals surface area contributed by atoms with Crippen LogP contribution in [0, 0.1) is 0 Å². The predicted octanol–water partition coefficient (Wildman–Crippen LogP) is 3.99. The second kappa shape index (κ2) is 9.03. The Morgan fingerprint density at radius 3 is 2.77 bits per heavy atom. The number of morpholine rings is 1. The topological polar surface area (TPSA) is 67.4 Å². The summed E-state index contributed by atoms with van der Waals surface area (Å²) in [5, 5.41) is 4.71. The van der Waals surface area contributed by atoms with Crippen molar-refractivity contribution in [1.29, 1.82) is 0 Å². The number of anilines is 1. The molecule has 3 aromatic rings. The maximum atomic E-state index is 12.9. The SMILES string of the molecule is O=C(NCc1cccnc1N1CCOCC1)c1csc(-c2cccc(C(F)(F)F)c2)n1. The molecule has 0 spiro atoms. The fourth-order valence-corrected chi connectivity index (χ4v) is 4.03. The van der Waals surface area contributed by atoms with E-state index >= 15 is 0 Å². The standard InChI is InChI=1S/C21H19F3N4O2S/c22-21(23,24)16-5-1-3-14(11-16)20-27-17(13-31-20)19(29)26-12-15-4-2-6-25-18(15)28-7-9-30-10-8-28/h1-6,11,13H,7-10,12H2,(H,26,29). The Morgan fingerprint density at radius 2 is 2.00 bits per heavy atom. The maximum Gasteiger partial charge on any atom is 0.416 e. The minimum atomic E-state index is -4.44. The van der Waals surface area contributed by atoms with Gasteiger partial charge in [0.15, 0.2) is 0 Å². The lowest BCUT2D eigenvalue weighted by Gasteiger charge is -2.29. The van der Waals surface area contributed by atoms with Crippen LogP contribution in [0.15, 0.2) is 48.0 Å². The number of pyridine rings is 1. The fourth-order valence-electron chi connectivity index (χ4n) is 3.23. The molecule has 0 aliphatic carbocycles.